The highest BCUT2D eigenvalue weighted by Gasteiger charge is 2.13. The third kappa shape index (κ3) is 3.29. The highest BCUT2D eigenvalue weighted by atomic mass is 35.5. The van der Waals surface area contributed by atoms with Crippen LogP contribution in [-0.2, 0) is 0 Å². The van der Waals surface area contributed by atoms with Crippen molar-refractivity contribution >= 4 is 35.1 Å². The second-order valence-electron chi connectivity index (χ2n) is 4.10. The first-order valence-electron chi connectivity index (χ1n) is 5.74. The van der Waals surface area contributed by atoms with Crippen LogP contribution in [0.15, 0.2) is 29.5 Å². The molecule has 0 saturated heterocycles. The van der Waals surface area contributed by atoms with E-state index in [1.807, 2.05) is 0 Å². The van der Waals surface area contributed by atoms with E-state index in [0.717, 1.165) is 0 Å². The van der Waals surface area contributed by atoms with Gasteiger partial charge in [0, 0.05) is 11.1 Å². The van der Waals surface area contributed by atoms with Crippen LogP contribution in [-0.4, -0.2) is 27.0 Å². The van der Waals surface area contributed by atoms with Crippen molar-refractivity contribution in [1.82, 2.24) is 9.97 Å². The minimum absolute atomic E-state index is 0.191. The number of halogens is 2. The molecule has 3 N–H and O–H groups in total. The third-order valence-corrected chi connectivity index (χ3v) is 3.47. The fraction of sp³-hybridized carbons (Fsp3) is 0.0769. The van der Waals surface area contributed by atoms with Crippen LogP contribution in [0.5, 0.6) is 0 Å². The van der Waals surface area contributed by atoms with Crippen molar-refractivity contribution in [2.75, 3.05) is 0 Å². The minimum Gasteiger partial charge on any atom is -0.463 e. The molecule has 1 aromatic heterocycles. The highest BCUT2D eigenvalue weighted by Crippen LogP contribution is 2.29. The molecule has 8 heteroatoms. The zero-order chi connectivity index (χ0) is 15.6. The van der Waals surface area contributed by atoms with Crippen molar-refractivity contribution in [3.05, 3.63) is 45.8 Å². The number of benzene rings is 1. The van der Waals surface area contributed by atoms with Crippen molar-refractivity contribution in [2.24, 2.45) is 10.7 Å². The van der Waals surface area contributed by atoms with Gasteiger partial charge in [-0.15, -0.1) is 0 Å². The number of carboxylic acid groups (broad SMARTS) is 1. The summed E-state index contributed by atoms with van der Waals surface area (Å²) in [5.41, 5.74) is 7.77. The largest absolute Gasteiger partial charge is 0.463 e. The lowest BCUT2D eigenvalue weighted by atomic mass is 10.1. The van der Waals surface area contributed by atoms with Gasteiger partial charge in [0.2, 0.25) is 0 Å². The molecular formula is C13H10Cl2N4O2. The summed E-state index contributed by atoms with van der Waals surface area (Å²) in [5.74, 6) is -0.191. The number of nitrogens with zero attached hydrogens (tertiary/aromatic N) is 3. The van der Waals surface area contributed by atoms with Gasteiger partial charge in [-0.05, 0) is 19.1 Å². The Bertz CT molecular complexity index is 747. The zero-order valence-corrected chi connectivity index (χ0v) is 12.4. The van der Waals surface area contributed by atoms with Gasteiger partial charge in [0.25, 0.3) is 0 Å². The van der Waals surface area contributed by atoms with E-state index < -0.39 is 6.09 Å². The first-order chi connectivity index (χ1) is 9.90. The SMILES string of the molecule is Cc1c(/C(N)=N/C(=O)O)ncnc1-c1ccc(Cl)c(Cl)c1. The summed E-state index contributed by atoms with van der Waals surface area (Å²) >= 11 is 11.9. The molecule has 0 aliphatic carbocycles. The molecule has 0 radical (unpaired) electrons. The Labute approximate surface area is 130 Å². The fourth-order valence-electron chi connectivity index (χ4n) is 1.80. The Morgan fingerprint density at radius 2 is 2.00 bits per heavy atom. The van der Waals surface area contributed by atoms with Gasteiger partial charge < -0.3 is 10.8 Å². The molecule has 108 valence electrons. The predicted molar refractivity (Wildman–Crippen MR) is 81.0 cm³/mol. The Balaban J connectivity index is 2.56. The molecule has 1 aromatic carbocycles. The van der Waals surface area contributed by atoms with Crippen molar-refractivity contribution in [2.45, 2.75) is 6.92 Å². The van der Waals surface area contributed by atoms with Crippen LogP contribution in [0, 0.1) is 6.92 Å². The summed E-state index contributed by atoms with van der Waals surface area (Å²) in [7, 11) is 0. The molecule has 2 aromatic rings. The average molecular weight is 325 g/mol. The van der Waals surface area contributed by atoms with E-state index in [1.54, 1.807) is 25.1 Å². The van der Waals surface area contributed by atoms with Gasteiger partial charge >= 0.3 is 6.09 Å². The Hall–Kier alpha value is -2.18. The maximum atomic E-state index is 10.6. The second-order valence-corrected chi connectivity index (χ2v) is 4.92. The predicted octanol–water partition coefficient (Wildman–Crippen LogP) is 3.14. The van der Waals surface area contributed by atoms with E-state index in [1.165, 1.54) is 6.33 Å². The van der Waals surface area contributed by atoms with E-state index >= 15 is 0 Å². The minimum atomic E-state index is -1.39. The Kier molecular flexibility index (Phi) is 4.40. The standard InChI is InChI=1S/C13H10Cl2N4O2/c1-6-10(7-2-3-8(14)9(15)4-7)17-5-18-11(6)12(16)19-13(20)21/h2-5H,1H3,(H2,16,19)(H,20,21). The Morgan fingerprint density at radius 1 is 1.29 bits per heavy atom. The normalized spacial score (nSPS) is 11.5. The summed E-state index contributed by atoms with van der Waals surface area (Å²) in [4.78, 5) is 22.0. The number of aliphatic imine (C=N–C) groups is 1. The van der Waals surface area contributed by atoms with Gasteiger partial charge in [-0.25, -0.2) is 14.8 Å². The van der Waals surface area contributed by atoms with E-state index in [2.05, 4.69) is 15.0 Å². The summed E-state index contributed by atoms with van der Waals surface area (Å²) in [5, 5.41) is 9.47. The van der Waals surface area contributed by atoms with Crippen LogP contribution in [0.1, 0.15) is 11.3 Å². The monoisotopic (exact) mass is 324 g/mol. The molecule has 0 aliphatic rings. The van der Waals surface area contributed by atoms with Crippen molar-refractivity contribution in [3.8, 4) is 11.3 Å². The van der Waals surface area contributed by atoms with Crippen LogP contribution >= 0.6 is 23.2 Å². The molecule has 0 bridgehead atoms. The van der Waals surface area contributed by atoms with Gasteiger partial charge in [0.15, 0.2) is 5.84 Å². The molecule has 0 unspecified atom stereocenters. The first kappa shape index (κ1) is 15.2. The lowest BCUT2D eigenvalue weighted by molar-refractivity contribution is 0.205. The highest BCUT2D eigenvalue weighted by molar-refractivity contribution is 6.42. The fourth-order valence-corrected chi connectivity index (χ4v) is 2.10. The van der Waals surface area contributed by atoms with Gasteiger partial charge in [-0.2, -0.15) is 4.99 Å². The third-order valence-electron chi connectivity index (χ3n) is 2.74. The molecular weight excluding hydrogens is 315 g/mol. The topological polar surface area (TPSA) is 101 Å². The second kappa shape index (κ2) is 6.07. The molecule has 1 heterocycles. The van der Waals surface area contributed by atoms with E-state index in [4.69, 9.17) is 34.0 Å². The van der Waals surface area contributed by atoms with E-state index in [9.17, 15) is 4.79 Å². The molecule has 21 heavy (non-hydrogen) atoms. The van der Waals surface area contributed by atoms with Crippen LogP contribution in [0.4, 0.5) is 4.79 Å². The van der Waals surface area contributed by atoms with Crippen LogP contribution in [0.25, 0.3) is 11.3 Å². The summed E-state index contributed by atoms with van der Waals surface area (Å²) < 4.78 is 0. The average Bonchev–Trinajstić information content (AvgIpc) is 2.41. The van der Waals surface area contributed by atoms with Gasteiger partial charge in [0.1, 0.15) is 12.0 Å². The van der Waals surface area contributed by atoms with E-state index in [-0.39, 0.29) is 11.5 Å². The number of amides is 1. The summed E-state index contributed by atoms with van der Waals surface area (Å²) in [6.07, 6.45) is -0.105. The molecule has 0 spiro atoms. The molecule has 0 fully saturated rings. The first-order valence-corrected chi connectivity index (χ1v) is 6.50. The van der Waals surface area contributed by atoms with Crippen LogP contribution in [0.3, 0.4) is 0 Å². The van der Waals surface area contributed by atoms with Crippen molar-refractivity contribution in [3.63, 3.8) is 0 Å². The summed E-state index contributed by atoms with van der Waals surface area (Å²) in [6.45, 7) is 1.72. The van der Waals surface area contributed by atoms with Crippen molar-refractivity contribution in [1.29, 1.82) is 0 Å². The van der Waals surface area contributed by atoms with Gasteiger partial charge in [-0.3, -0.25) is 0 Å². The number of aromatic nitrogens is 2. The number of nitrogens with two attached hydrogens (primary N) is 1. The lowest BCUT2D eigenvalue weighted by Gasteiger charge is -2.09. The maximum Gasteiger partial charge on any atom is 0.433 e. The quantitative estimate of drug-likeness (QED) is 0.652. The molecule has 0 atom stereocenters. The molecule has 0 aliphatic heterocycles. The lowest BCUT2D eigenvalue weighted by Crippen LogP contribution is -2.19. The van der Waals surface area contributed by atoms with Gasteiger partial charge in [-0.1, -0.05) is 29.3 Å². The number of hydrogen-bond donors (Lipinski definition) is 2. The number of rotatable bonds is 2. The number of carbonyl (C=O) groups is 1. The summed E-state index contributed by atoms with van der Waals surface area (Å²) in [6, 6.07) is 5.06. The molecule has 6 nitrogen and oxygen atoms in total. The molecule has 1 amide bonds. The molecule has 2 rings (SSSR count). The maximum absolute atomic E-state index is 10.6. The number of hydrogen-bond acceptors (Lipinski definition) is 3. The van der Waals surface area contributed by atoms with Crippen LogP contribution < -0.4 is 5.73 Å². The van der Waals surface area contributed by atoms with Gasteiger partial charge in [0.05, 0.1) is 15.7 Å². The Morgan fingerprint density at radius 3 is 2.62 bits per heavy atom. The smallest absolute Gasteiger partial charge is 0.433 e. The van der Waals surface area contributed by atoms with Crippen molar-refractivity contribution < 1.29 is 9.90 Å². The molecule has 0 saturated carbocycles. The number of amidine groups is 1. The van der Waals surface area contributed by atoms with Crippen LogP contribution in [0.2, 0.25) is 10.0 Å². The zero-order valence-electron chi connectivity index (χ0n) is 10.8. The van der Waals surface area contributed by atoms with E-state index in [0.29, 0.717) is 26.9 Å².